The summed E-state index contributed by atoms with van der Waals surface area (Å²) in [6.45, 7) is 2.21. The van der Waals surface area contributed by atoms with E-state index < -0.39 is 0 Å². The molecular weight excluding hydrogens is 453 g/mol. The highest BCUT2D eigenvalue weighted by molar-refractivity contribution is 14.0. The van der Waals surface area contributed by atoms with Crippen molar-refractivity contribution in [2.24, 2.45) is 4.99 Å². The Hall–Kier alpha value is -2.20. The molecule has 2 N–H and O–H groups in total. The predicted octanol–water partition coefficient (Wildman–Crippen LogP) is 2.27. The molecule has 0 radical (unpaired) electrons. The standard InChI is InChI=1S/C19H25N7.HI/c1-20-19(21-12-15-7-9-16(10-8-15)14-25(2)3)22-13-18-24-23-17-6-4-5-11-26(17)18;/h4-11H,12-14H2,1-3H3,(H2,20,21,22);1H. The maximum absolute atomic E-state index is 4.27. The average molecular weight is 479 g/mol. The van der Waals surface area contributed by atoms with Gasteiger partial charge in [-0.15, -0.1) is 34.2 Å². The molecule has 0 aliphatic rings. The zero-order chi connectivity index (χ0) is 18.4. The van der Waals surface area contributed by atoms with Crippen LogP contribution >= 0.6 is 24.0 Å². The van der Waals surface area contributed by atoms with Gasteiger partial charge >= 0.3 is 0 Å². The van der Waals surface area contributed by atoms with Gasteiger partial charge < -0.3 is 15.5 Å². The predicted molar refractivity (Wildman–Crippen MR) is 119 cm³/mol. The van der Waals surface area contributed by atoms with E-state index in [-0.39, 0.29) is 24.0 Å². The summed E-state index contributed by atoms with van der Waals surface area (Å²) in [5, 5.41) is 15.0. The molecule has 3 rings (SSSR count). The van der Waals surface area contributed by atoms with E-state index in [1.165, 1.54) is 11.1 Å². The van der Waals surface area contributed by atoms with Crippen molar-refractivity contribution < 1.29 is 0 Å². The molecule has 0 aliphatic heterocycles. The highest BCUT2D eigenvalue weighted by Crippen LogP contribution is 2.06. The fourth-order valence-electron chi connectivity index (χ4n) is 2.71. The molecule has 0 saturated heterocycles. The van der Waals surface area contributed by atoms with Crippen molar-refractivity contribution in [3.8, 4) is 0 Å². The highest BCUT2D eigenvalue weighted by Gasteiger charge is 2.05. The summed E-state index contributed by atoms with van der Waals surface area (Å²) in [6, 6.07) is 14.5. The van der Waals surface area contributed by atoms with Crippen LogP contribution in [-0.4, -0.2) is 46.6 Å². The van der Waals surface area contributed by atoms with Gasteiger partial charge in [-0.05, 0) is 37.4 Å². The molecule has 144 valence electrons. The highest BCUT2D eigenvalue weighted by atomic mass is 127. The number of halogens is 1. The molecule has 2 aromatic heterocycles. The Labute approximate surface area is 176 Å². The molecule has 0 fully saturated rings. The Morgan fingerprint density at radius 3 is 2.41 bits per heavy atom. The second-order valence-corrected chi connectivity index (χ2v) is 6.38. The molecular formula is C19H26IN7. The Balaban J connectivity index is 0.00000261. The van der Waals surface area contributed by atoms with Crippen molar-refractivity contribution in [1.82, 2.24) is 30.1 Å². The van der Waals surface area contributed by atoms with Gasteiger partial charge in [-0.3, -0.25) is 9.39 Å². The van der Waals surface area contributed by atoms with Crippen molar-refractivity contribution in [1.29, 1.82) is 0 Å². The lowest BCUT2D eigenvalue weighted by Crippen LogP contribution is -2.36. The minimum absolute atomic E-state index is 0. The third-order valence-corrected chi connectivity index (χ3v) is 4.00. The van der Waals surface area contributed by atoms with Gasteiger partial charge in [0.2, 0.25) is 0 Å². The first-order valence-electron chi connectivity index (χ1n) is 8.61. The van der Waals surface area contributed by atoms with Gasteiger partial charge in [0, 0.05) is 26.3 Å². The molecule has 2 heterocycles. The van der Waals surface area contributed by atoms with Crippen LogP contribution in [0.2, 0.25) is 0 Å². The van der Waals surface area contributed by atoms with Crippen molar-refractivity contribution in [3.05, 3.63) is 65.6 Å². The largest absolute Gasteiger partial charge is 0.352 e. The monoisotopic (exact) mass is 479 g/mol. The molecule has 0 aliphatic carbocycles. The molecule has 27 heavy (non-hydrogen) atoms. The van der Waals surface area contributed by atoms with E-state index in [0.29, 0.717) is 13.1 Å². The smallest absolute Gasteiger partial charge is 0.191 e. The number of fused-ring (bicyclic) bond motifs is 1. The Morgan fingerprint density at radius 2 is 1.70 bits per heavy atom. The molecule has 0 saturated carbocycles. The van der Waals surface area contributed by atoms with Gasteiger partial charge in [0.1, 0.15) is 0 Å². The molecule has 7 nitrogen and oxygen atoms in total. The summed E-state index contributed by atoms with van der Waals surface area (Å²) < 4.78 is 1.96. The number of guanidine groups is 1. The molecule has 0 bridgehead atoms. The van der Waals surface area contributed by atoms with Gasteiger partial charge in [0.15, 0.2) is 17.4 Å². The van der Waals surface area contributed by atoms with E-state index >= 15 is 0 Å². The lowest BCUT2D eigenvalue weighted by atomic mass is 10.1. The van der Waals surface area contributed by atoms with Crippen LogP contribution in [0.3, 0.4) is 0 Å². The second-order valence-electron chi connectivity index (χ2n) is 6.38. The van der Waals surface area contributed by atoms with E-state index in [1.54, 1.807) is 7.05 Å². The van der Waals surface area contributed by atoms with E-state index in [2.05, 4.69) is 69.1 Å². The zero-order valence-corrected chi connectivity index (χ0v) is 18.2. The van der Waals surface area contributed by atoms with Gasteiger partial charge in [-0.1, -0.05) is 30.3 Å². The van der Waals surface area contributed by atoms with Crippen LogP contribution in [0.1, 0.15) is 17.0 Å². The van der Waals surface area contributed by atoms with Crippen LogP contribution in [0.15, 0.2) is 53.7 Å². The van der Waals surface area contributed by atoms with E-state index in [0.717, 1.165) is 24.0 Å². The van der Waals surface area contributed by atoms with Crippen LogP contribution in [0.4, 0.5) is 0 Å². The lowest BCUT2D eigenvalue weighted by molar-refractivity contribution is 0.402. The summed E-state index contributed by atoms with van der Waals surface area (Å²) in [7, 11) is 5.91. The van der Waals surface area contributed by atoms with Crippen LogP contribution in [-0.2, 0) is 19.6 Å². The molecule has 8 heteroatoms. The Bertz CT molecular complexity index is 871. The molecule has 0 unspecified atom stereocenters. The lowest BCUT2D eigenvalue weighted by Gasteiger charge is -2.12. The number of aliphatic imine (C=N–C) groups is 1. The number of hydrogen-bond acceptors (Lipinski definition) is 4. The fraction of sp³-hybridized carbons (Fsp3) is 0.316. The number of rotatable bonds is 6. The second kappa shape index (κ2) is 10.2. The number of pyridine rings is 1. The number of nitrogens with zero attached hydrogens (tertiary/aromatic N) is 5. The fourth-order valence-corrected chi connectivity index (χ4v) is 2.71. The SMILES string of the molecule is CN=C(NCc1ccc(CN(C)C)cc1)NCc1nnc2ccccn12.I. The normalized spacial score (nSPS) is 11.5. The van der Waals surface area contributed by atoms with Crippen molar-refractivity contribution >= 4 is 35.6 Å². The summed E-state index contributed by atoms with van der Waals surface area (Å²) in [6.07, 6.45) is 1.96. The van der Waals surface area contributed by atoms with Crippen LogP contribution in [0.5, 0.6) is 0 Å². The van der Waals surface area contributed by atoms with Gasteiger partial charge in [-0.2, -0.15) is 0 Å². The number of aromatic nitrogens is 3. The Kier molecular flexibility index (Phi) is 7.99. The molecule has 0 atom stereocenters. The quantitative estimate of drug-likeness (QED) is 0.323. The minimum atomic E-state index is 0. The zero-order valence-electron chi connectivity index (χ0n) is 15.9. The first-order valence-corrected chi connectivity index (χ1v) is 8.61. The summed E-state index contributed by atoms with van der Waals surface area (Å²) in [4.78, 5) is 6.43. The third-order valence-electron chi connectivity index (χ3n) is 4.00. The summed E-state index contributed by atoms with van der Waals surface area (Å²) >= 11 is 0. The van der Waals surface area contributed by atoms with Crippen molar-refractivity contribution in [3.63, 3.8) is 0 Å². The van der Waals surface area contributed by atoms with Gasteiger partial charge in [0.05, 0.1) is 6.54 Å². The topological polar surface area (TPSA) is 69.8 Å². The Morgan fingerprint density at radius 1 is 1.00 bits per heavy atom. The van der Waals surface area contributed by atoms with Crippen LogP contribution in [0, 0.1) is 0 Å². The maximum Gasteiger partial charge on any atom is 0.191 e. The molecule has 0 amide bonds. The van der Waals surface area contributed by atoms with Gasteiger partial charge in [-0.25, -0.2) is 0 Å². The van der Waals surface area contributed by atoms with Crippen LogP contribution in [0.25, 0.3) is 5.65 Å². The summed E-state index contributed by atoms with van der Waals surface area (Å²) in [5.41, 5.74) is 3.35. The summed E-state index contributed by atoms with van der Waals surface area (Å²) in [5.74, 6) is 1.58. The van der Waals surface area contributed by atoms with Gasteiger partial charge in [0.25, 0.3) is 0 Å². The molecule has 3 aromatic rings. The molecule has 0 spiro atoms. The first-order chi connectivity index (χ1) is 12.7. The minimum Gasteiger partial charge on any atom is -0.352 e. The number of hydrogen-bond donors (Lipinski definition) is 2. The van der Waals surface area contributed by atoms with Crippen LogP contribution < -0.4 is 10.6 Å². The van der Waals surface area contributed by atoms with E-state index in [4.69, 9.17) is 0 Å². The average Bonchev–Trinajstić information content (AvgIpc) is 3.06. The first kappa shape index (κ1) is 21.1. The van der Waals surface area contributed by atoms with Crippen molar-refractivity contribution in [2.75, 3.05) is 21.1 Å². The third kappa shape index (κ3) is 5.90. The number of benzene rings is 1. The van der Waals surface area contributed by atoms with E-state index in [9.17, 15) is 0 Å². The van der Waals surface area contributed by atoms with Crippen molar-refractivity contribution in [2.45, 2.75) is 19.6 Å². The maximum atomic E-state index is 4.27. The number of nitrogens with one attached hydrogen (secondary N) is 2. The van der Waals surface area contributed by atoms with E-state index in [1.807, 2.05) is 28.8 Å². The molecule has 1 aromatic carbocycles.